The van der Waals surface area contributed by atoms with Gasteiger partial charge in [0, 0.05) is 18.6 Å². The van der Waals surface area contributed by atoms with Crippen molar-refractivity contribution < 1.29 is 4.79 Å². The lowest BCUT2D eigenvalue weighted by Gasteiger charge is -2.36. The molecule has 2 atom stereocenters. The van der Waals surface area contributed by atoms with Crippen molar-refractivity contribution in [3.63, 3.8) is 0 Å². The van der Waals surface area contributed by atoms with Crippen molar-refractivity contribution in [1.82, 2.24) is 10.2 Å². The molecule has 1 amide bonds. The van der Waals surface area contributed by atoms with E-state index in [1.165, 1.54) is 19.4 Å². The molecule has 2 heterocycles. The minimum atomic E-state index is -0.827. The zero-order valence-corrected chi connectivity index (χ0v) is 12.1. The Morgan fingerprint density at radius 2 is 2.11 bits per heavy atom. The third kappa shape index (κ3) is 2.76. The van der Waals surface area contributed by atoms with Gasteiger partial charge in [-0.05, 0) is 45.1 Å². The molecule has 0 bridgehead atoms. The van der Waals surface area contributed by atoms with Crippen molar-refractivity contribution in [2.75, 3.05) is 13.1 Å². The minimum absolute atomic E-state index is 0.0588. The maximum Gasteiger partial charge on any atom is 0.240 e. The van der Waals surface area contributed by atoms with Gasteiger partial charge in [-0.15, -0.1) is 0 Å². The molecular formula is C15H25N3O. The monoisotopic (exact) mass is 263 g/mol. The number of hydrogen-bond donors (Lipinski definition) is 1. The summed E-state index contributed by atoms with van der Waals surface area (Å²) in [4.78, 5) is 14.9. The van der Waals surface area contributed by atoms with Crippen LogP contribution >= 0.6 is 0 Å². The third-order valence-electron chi connectivity index (χ3n) is 5.01. The van der Waals surface area contributed by atoms with E-state index in [0.29, 0.717) is 18.9 Å². The van der Waals surface area contributed by atoms with E-state index in [4.69, 9.17) is 0 Å². The summed E-state index contributed by atoms with van der Waals surface area (Å²) in [6, 6.07) is 3.14. The maximum absolute atomic E-state index is 12.4. The van der Waals surface area contributed by atoms with Gasteiger partial charge in [0.2, 0.25) is 5.91 Å². The van der Waals surface area contributed by atoms with Crippen LogP contribution in [0.3, 0.4) is 0 Å². The zero-order chi connectivity index (χ0) is 13.9. The number of piperidine rings is 1. The first kappa shape index (κ1) is 14.3. The molecule has 0 aromatic carbocycles. The molecule has 0 aromatic rings. The van der Waals surface area contributed by atoms with Gasteiger partial charge in [0.25, 0.3) is 0 Å². The molecule has 2 fully saturated rings. The standard InChI is InChI=1S/C15H25N3O/c1-3-15(4-2,11-16)14(19)17-12-7-9-18-8-5-6-13(18)10-12/h12-13H,3-10H2,1-2H3,(H,17,19). The van der Waals surface area contributed by atoms with Gasteiger partial charge in [-0.2, -0.15) is 5.26 Å². The van der Waals surface area contributed by atoms with E-state index in [1.54, 1.807) is 0 Å². The molecule has 4 nitrogen and oxygen atoms in total. The summed E-state index contributed by atoms with van der Waals surface area (Å²) in [6.07, 6.45) is 5.81. The van der Waals surface area contributed by atoms with Crippen LogP contribution < -0.4 is 5.32 Å². The van der Waals surface area contributed by atoms with E-state index in [9.17, 15) is 10.1 Å². The summed E-state index contributed by atoms with van der Waals surface area (Å²) in [7, 11) is 0. The second-order valence-electron chi connectivity index (χ2n) is 5.93. The predicted molar refractivity (Wildman–Crippen MR) is 74.4 cm³/mol. The van der Waals surface area contributed by atoms with E-state index >= 15 is 0 Å². The van der Waals surface area contributed by atoms with Crippen LogP contribution in [0.1, 0.15) is 52.4 Å². The number of amides is 1. The maximum atomic E-state index is 12.4. The molecule has 0 aliphatic carbocycles. The molecule has 2 saturated heterocycles. The fraction of sp³-hybridized carbons (Fsp3) is 0.867. The number of nitrogens with one attached hydrogen (secondary N) is 1. The zero-order valence-electron chi connectivity index (χ0n) is 12.1. The van der Waals surface area contributed by atoms with Gasteiger partial charge in [-0.3, -0.25) is 4.79 Å². The molecule has 106 valence electrons. The van der Waals surface area contributed by atoms with E-state index in [0.717, 1.165) is 19.4 Å². The van der Waals surface area contributed by atoms with E-state index in [-0.39, 0.29) is 11.9 Å². The fourth-order valence-corrected chi connectivity index (χ4v) is 3.46. The molecule has 4 heteroatoms. The summed E-state index contributed by atoms with van der Waals surface area (Å²) < 4.78 is 0. The van der Waals surface area contributed by atoms with Crippen LogP contribution in [0, 0.1) is 16.7 Å². The molecule has 0 radical (unpaired) electrons. The molecule has 2 unspecified atom stereocenters. The number of carbonyl (C=O) groups excluding carboxylic acids is 1. The number of carbonyl (C=O) groups is 1. The number of hydrogen-bond acceptors (Lipinski definition) is 3. The van der Waals surface area contributed by atoms with Gasteiger partial charge >= 0.3 is 0 Å². The Morgan fingerprint density at radius 1 is 1.37 bits per heavy atom. The lowest BCUT2D eigenvalue weighted by molar-refractivity contribution is -0.129. The largest absolute Gasteiger partial charge is 0.352 e. The van der Waals surface area contributed by atoms with Crippen molar-refractivity contribution in [1.29, 1.82) is 5.26 Å². The van der Waals surface area contributed by atoms with Crippen LogP contribution in [0.2, 0.25) is 0 Å². The van der Waals surface area contributed by atoms with Gasteiger partial charge < -0.3 is 10.2 Å². The summed E-state index contributed by atoms with van der Waals surface area (Å²) in [6.45, 7) is 6.16. The average molecular weight is 263 g/mol. The van der Waals surface area contributed by atoms with Gasteiger partial charge in [-0.25, -0.2) is 0 Å². The van der Waals surface area contributed by atoms with Crippen LogP contribution in [0.25, 0.3) is 0 Å². The van der Waals surface area contributed by atoms with Crippen LogP contribution in [0.4, 0.5) is 0 Å². The normalized spacial score (nSPS) is 27.6. The molecule has 2 rings (SSSR count). The van der Waals surface area contributed by atoms with Gasteiger partial charge in [-0.1, -0.05) is 13.8 Å². The van der Waals surface area contributed by atoms with E-state index in [1.807, 2.05) is 13.8 Å². The Labute approximate surface area is 116 Å². The summed E-state index contributed by atoms with van der Waals surface area (Å²) >= 11 is 0. The SMILES string of the molecule is CCC(C#N)(CC)C(=O)NC1CCN2CCCC2C1. The molecule has 0 aromatic heterocycles. The second-order valence-corrected chi connectivity index (χ2v) is 5.93. The summed E-state index contributed by atoms with van der Waals surface area (Å²) in [5, 5.41) is 12.4. The highest BCUT2D eigenvalue weighted by molar-refractivity contribution is 5.85. The number of nitrogens with zero attached hydrogens (tertiary/aromatic N) is 2. The van der Waals surface area contributed by atoms with Crippen molar-refractivity contribution in [2.24, 2.45) is 5.41 Å². The lowest BCUT2D eigenvalue weighted by Crippen LogP contribution is -2.50. The van der Waals surface area contributed by atoms with Crippen LogP contribution in [0.5, 0.6) is 0 Å². The highest BCUT2D eigenvalue weighted by Gasteiger charge is 2.38. The average Bonchev–Trinajstić information content (AvgIpc) is 2.89. The first-order chi connectivity index (χ1) is 9.15. The molecule has 19 heavy (non-hydrogen) atoms. The minimum Gasteiger partial charge on any atom is -0.352 e. The van der Waals surface area contributed by atoms with Crippen molar-refractivity contribution in [2.45, 2.75) is 64.5 Å². The number of fused-ring (bicyclic) bond motifs is 1. The summed E-state index contributed by atoms with van der Waals surface area (Å²) in [5.74, 6) is -0.0588. The molecule has 0 spiro atoms. The molecule has 2 aliphatic rings. The number of nitriles is 1. The Morgan fingerprint density at radius 3 is 2.74 bits per heavy atom. The first-order valence-corrected chi connectivity index (χ1v) is 7.61. The Bertz CT molecular complexity index is 370. The highest BCUT2D eigenvalue weighted by Crippen LogP contribution is 2.29. The van der Waals surface area contributed by atoms with E-state index < -0.39 is 5.41 Å². The molecule has 1 N–H and O–H groups in total. The molecule has 2 aliphatic heterocycles. The van der Waals surface area contributed by atoms with Crippen molar-refractivity contribution in [3.8, 4) is 6.07 Å². The number of rotatable bonds is 4. The van der Waals surface area contributed by atoms with Crippen molar-refractivity contribution >= 4 is 5.91 Å². The van der Waals surface area contributed by atoms with Crippen LogP contribution in [0.15, 0.2) is 0 Å². The quantitative estimate of drug-likeness (QED) is 0.844. The van der Waals surface area contributed by atoms with Crippen molar-refractivity contribution in [3.05, 3.63) is 0 Å². The highest BCUT2D eigenvalue weighted by atomic mass is 16.2. The Balaban J connectivity index is 1.94. The fourth-order valence-electron chi connectivity index (χ4n) is 3.46. The third-order valence-corrected chi connectivity index (χ3v) is 5.01. The Hall–Kier alpha value is -1.08. The first-order valence-electron chi connectivity index (χ1n) is 7.61. The Kier molecular flexibility index (Phi) is 4.46. The summed E-state index contributed by atoms with van der Waals surface area (Å²) in [5.41, 5.74) is -0.827. The van der Waals surface area contributed by atoms with Gasteiger partial charge in [0.15, 0.2) is 0 Å². The second kappa shape index (κ2) is 5.92. The van der Waals surface area contributed by atoms with Crippen LogP contribution in [-0.2, 0) is 4.79 Å². The smallest absolute Gasteiger partial charge is 0.240 e. The van der Waals surface area contributed by atoms with Gasteiger partial charge in [0.05, 0.1) is 6.07 Å². The topological polar surface area (TPSA) is 56.1 Å². The predicted octanol–water partition coefficient (Wildman–Crippen LogP) is 2.06. The van der Waals surface area contributed by atoms with Crippen LogP contribution in [-0.4, -0.2) is 36.0 Å². The van der Waals surface area contributed by atoms with E-state index in [2.05, 4.69) is 16.3 Å². The lowest BCUT2D eigenvalue weighted by atomic mass is 9.82. The van der Waals surface area contributed by atoms with Gasteiger partial charge in [0.1, 0.15) is 5.41 Å². The molecular weight excluding hydrogens is 238 g/mol. The molecule has 0 saturated carbocycles.